The first-order chi connectivity index (χ1) is 5.88. The molecule has 1 unspecified atom stereocenters. The Morgan fingerprint density at radius 2 is 1.77 bits per heavy atom. The molecule has 0 aromatic rings. The van der Waals surface area contributed by atoms with Crippen molar-refractivity contribution in [3.05, 3.63) is 0 Å². The molecule has 2 nitrogen and oxygen atoms in total. The summed E-state index contributed by atoms with van der Waals surface area (Å²) in [5.74, 6) is 0.730. The van der Waals surface area contributed by atoms with Gasteiger partial charge in [0.25, 0.3) is 0 Å². The molecule has 0 heterocycles. The average molecular weight is 187 g/mol. The van der Waals surface area contributed by atoms with Gasteiger partial charge in [0.05, 0.1) is 6.61 Å². The Bertz CT molecular complexity index is 129. The molecule has 2 heteroatoms. The molecule has 0 rings (SSSR count). The summed E-state index contributed by atoms with van der Waals surface area (Å²) in [6, 6.07) is 0. The molecule has 0 aromatic carbocycles. The maximum atomic E-state index is 8.72. The standard InChI is InChI=1S/C11H25NO/c1-10(11(2,3)4)6-7-12(5)8-9-13/h10,13H,6-9H2,1-5H3. The summed E-state index contributed by atoms with van der Waals surface area (Å²) >= 11 is 0. The predicted octanol–water partition coefficient (Wildman–Crippen LogP) is 1.98. The van der Waals surface area contributed by atoms with Crippen molar-refractivity contribution in [3.8, 4) is 0 Å². The number of hydrogen-bond donors (Lipinski definition) is 1. The number of rotatable bonds is 5. The van der Waals surface area contributed by atoms with Crippen molar-refractivity contribution < 1.29 is 5.11 Å². The van der Waals surface area contributed by atoms with Crippen molar-refractivity contribution in [3.63, 3.8) is 0 Å². The van der Waals surface area contributed by atoms with Gasteiger partial charge in [0.1, 0.15) is 0 Å². The summed E-state index contributed by atoms with van der Waals surface area (Å²) in [5, 5.41) is 8.72. The number of aliphatic hydroxyl groups excluding tert-OH is 1. The lowest BCUT2D eigenvalue weighted by atomic mass is 9.80. The van der Waals surface area contributed by atoms with E-state index in [4.69, 9.17) is 5.11 Å². The molecule has 0 aliphatic carbocycles. The van der Waals surface area contributed by atoms with Crippen molar-refractivity contribution in [2.75, 3.05) is 26.7 Å². The smallest absolute Gasteiger partial charge is 0.0558 e. The van der Waals surface area contributed by atoms with E-state index in [-0.39, 0.29) is 6.61 Å². The first-order valence-corrected chi connectivity index (χ1v) is 5.17. The maximum Gasteiger partial charge on any atom is 0.0558 e. The van der Waals surface area contributed by atoms with Gasteiger partial charge in [-0.1, -0.05) is 27.7 Å². The van der Waals surface area contributed by atoms with E-state index in [0.29, 0.717) is 5.41 Å². The Kier molecular flexibility index (Phi) is 5.57. The summed E-state index contributed by atoms with van der Waals surface area (Å²) in [7, 11) is 2.06. The van der Waals surface area contributed by atoms with Crippen LogP contribution in [0.2, 0.25) is 0 Å². The van der Waals surface area contributed by atoms with Crippen LogP contribution in [-0.4, -0.2) is 36.8 Å². The topological polar surface area (TPSA) is 23.5 Å². The molecule has 0 radical (unpaired) electrons. The molecule has 0 saturated carbocycles. The van der Waals surface area contributed by atoms with Crippen molar-refractivity contribution in [2.45, 2.75) is 34.1 Å². The van der Waals surface area contributed by atoms with Crippen LogP contribution in [0, 0.1) is 11.3 Å². The molecule has 0 fully saturated rings. The zero-order valence-electron chi connectivity index (χ0n) is 9.80. The second-order valence-electron chi connectivity index (χ2n) is 5.08. The molecule has 1 N–H and O–H groups in total. The summed E-state index contributed by atoms with van der Waals surface area (Å²) in [6.45, 7) is 11.3. The zero-order chi connectivity index (χ0) is 10.5. The van der Waals surface area contributed by atoms with Gasteiger partial charge in [-0.2, -0.15) is 0 Å². The first-order valence-electron chi connectivity index (χ1n) is 5.17. The van der Waals surface area contributed by atoms with E-state index in [1.54, 1.807) is 0 Å². The van der Waals surface area contributed by atoms with Gasteiger partial charge in [0.15, 0.2) is 0 Å². The predicted molar refractivity (Wildman–Crippen MR) is 57.8 cm³/mol. The van der Waals surface area contributed by atoms with E-state index >= 15 is 0 Å². The van der Waals surface area contributed by atoms with Crippen molar-refractivity contribution in [2.24, 2.45) is 11.3 Å². The average Bonchev–Trinajstić information content (AvgIpc) is 1.99. The Labute approximate surface area is 82.9 Å². The molecule has 0 bridgehead atoms. The Hall–Kier alpha value is -0.0800. The highest BCUT2D eigenvalue weighted by molar-refractivity contribution is 4.70. The normalized spacial score (nSPS) is 15.0. The lowest BCUT2D eigenvalue weighted by molar-refractivity contribution is 0.186. The van der Waals surface area contributed by atoms with Gasteiger partial charge in [0, 0.05) is 6.54 Å². The molecule has 0 aromatic heterocycles. The van der Waals surface area contributed by atoms with Crippen LogP contribution in [-0.2, 0) is 0 Å². The van der Waals surface area contributed by atoms with E-state index in [9.17, 15) is 0 Å². The van der Waals surface area contributed by atoms with Gasteiger partial charge in [-0.05, 0) is 31.3 Å². The fourth-order valence-corrected chi connectivity index (χ4v) is 1.13. The van der Waals surface area contributed by atoms with Crippen LogP contribution in [0.1, 0.15) is 34.1 Å². The van der Waals surface area contributed by atoms with Crippen molar-refractivity contribution in [1.29, 1.82) is 0 Å². The number of aliphatic hydroxyl groups is 1. The molecule has 0 aliphatic rings. The number of nitrogens with zero attached hydrogens (tertiary/aromatic N) is 1. The van der Waals surface area contributed by atoms with Gasteiger partial charge in [-0.25, -0.2) is 0 Å². The quantitative estimate of drug-likeness (QED) is 0.711. The minimum atomic E-state index is 0.264. The highest BCUT2D eigenvalue weighted by Gasteiger charge is 2.19. The number of hydrogen-bond acceptors (Lipinski definition) is 2. The molecule has 0 amide bonds. The lowest BCUT2D eigenvalue weighted by Crippen LogP contribution is -2.27. The molecule has 0 aliphatic heterocycles. The fraction of sp³-hybridized carbons (Fsp3) is 1.00. The highest BCUT2D eigenvalue weighted by Crippen LogP contribution is 2.27. The Balaban J connectivity index is 3.63. The van der Waals surface area contributed by atoms with Crippen molar-refractivity contribution in [1.82, 2.24) is 4.90 Å². The molecular weight excluding hydrogens is 162 g/mol. The van der Waals surface area contributed by atoms with Crippen LogP contribution in [0.5, 0.6) is 0 Å². The first kappa shape index (κ1) is 12.9. The second kappa shape index (κ2) is 5.61. The monoisotopic (exact) mass is 187 g/mol. The summed E-state index contributed by atoms with van der Waals surface area (Å²) in [4.78, 5) is 2.18. The van der Waals surface area contributed by atoms with Crippen LogP contribution in [0.4, 0.5) is 0 Å². The van der Waals surface area contributed by atoms with Crippen LogP contribution in [0.15, 0.2) is 0 Å². The Morgan fingerprint density at radius 3 is 2.15 bits per heavy atom. The molecule has 13 heavy (non-hydrogen) atoms. The van der Waals surface area contributed by atoms with E-state index < -0.39 is 0 Å². The molecular formula is C11H25NO. The van der Waals surface area contributed by atoms with Gasteiger partial charge < -0.3 is 10.0 Å². The Morgan fingerprint density at radius 1 is 1.23 bits per heavy atom. The van der Waals surface area contributed by atoms with Crippen LogP contribution >= 0.6 is 0 Å². The molecule has 1 atom stereocenters. The van der Waals surface area contributed by atoms with Gasteiger partial charge in [-0.3, -0.25) is 0 Å². The minimum absolute atomic E-state index is 0.264. The van der Waals surface area contributed by atoms with Gasteiger partial charge >= 0.3 is 0 Å². The lowest BCUT2D eigenvalue weighted by Gasteiger charge is -2.28. The summed E-state index contributed by atoms with van der Waals surface area (Å²) in [5.41, 5.74) is 0.403. The van der Waals surface area contributed by atoms with Crippen molar-refractivity contribution >= 4 is 0 Å². The van der Waals surface area contributed by atoms with E-state index in [2.05, 4.69) is 39.6 Å². The van der Waals surface area contributed by atoms with E-state index in [1.807, 2.05) is 0 Å². The van der Waals surface area contributed by atoms with Gasteiger partial charge in [0.2, 0.25) is 0 Å². The van der Waals surface area contributed by atoms with Crippen LogP contribution < -0.4 is 0 Å². The minimum Gasteiger partial charge on any atom is -0.395 e. The maximum absolute atomic E-state index is 8.72. The largest absolute Gasteiger partial charge is 0.395 e. The van der Waals surface area contributed by atoms with Crippen LogP contribution in [0.3, 0.4) is 0 Å². The molecule has 80 valence electrons. The highest BCUT2D eigenvalue weighted by atomic mass is 16.3. The molecule has 0 spiro atoms. The second-order valence-corrected chi connectivity index (χ2v) is 5.08. The van der Waals surface area contributed by atoms with Crippen LogP contribution in [0.25, 0.3) is 0 Å². The van der Waals surface area contributed by atoms with E-state index in [1.165, 1.54) is 6.42 Å². The number of likely N-dealkylation sites (N-methyl/N-ethyl adjacent to an activating group) is 1. The third kappa shape index (κ3) is 6.05. The SMILES string of the molecule is CC(CCN(C)CCO)C(C)(C)C. The summed E-state index contributed by atoms with van der Waals surface area (Å²) in [6.07, 6.45) is 1.21. The van der Waals surface area contributed by atoms with Gasteiger partial charge in [-0.15, -0.1) is 0 Å². The fourth-order valence-electron chi connectivity index (χ4n) is 1.13. The van der Waals surface area contributed by atoms with E-state index in [0.717, 1.165) is 19.0 Å². The zero-order valence-corrected chi connectivity index (χ0v) is 9.80. The third-order valence-corrected chi connectivity index (χ3v) is 2.90. The molecule has 0 saturated heterocycles. The summed E-state index contributed by atoms with van der Waals surface area (Å²) < 4.78 is 0. The third-order valence-electron chi connectivity index (χ3n) is 2.90.